The van der Waals surface area contributed by atoms with Crippen LogP contribution in [0.5, 0.6) is 0 Å². The Morgan fingerprint density at radius 1 is 1.00 bits per heavy atom. The van der Waals surface area contributed by atoms with E-state index < -0.39 is 11.2 Å². The second-order valence-corrected chi connectivity index (χ2v) is 9.35. The number of hydrogen-bond donors (Lipinski definition) is 2. The van der Waals surface area contributed by atoms with E-state index in [0.29, 0.717) is 5.41 Å². The van der Waals surface area contributed by atoms with Crippen LogP contribution < -0.4 is 16.6 Å². The van der Waals surface area contributed by atoms with Gasteiger partial charge in [-0.25, -0.2) is 4.79 Å². The van der Waals surface area contributed by atoms with E-state index in [9.17, 15) is 14.4 Å². The van der Waals surface area contributed by atoms with Crippen LogP contribution in [0.25, 0.3) is 0 Å². The van der Waals surface area contributed by atoms with Gasteiger partial charge in [0.15, 0.2) is 0 Å². The molecule has 6 heteroatoms. The number of H-pyrrole nitrogens is 1. The van der Waals surface area contributed by atoms with E-state index in [1.54, 1.807) is 0 Å². The fourth-order valence-corrected chi connectivity index (χ4v) is 6.47. The van der Waals surface area contributed by atoms with Crippen LogP contribution in [-0.4, -0.2) is 15.5 Å². The first kappa shape index (κ1) is 18.4. The SMILES string of the molecule is O=C(CCn1c(=O)cc[nH]c1=O)Nc1ccc(C23CC4CC(CC(C4)C2)C3)cc1. The number of hydrogen-bond acceptors (Lipinski definition) is 3. The van der Waals surface area contributed by atoms with Gasteiger partial charge in [-0.1, -0.05) is 12.1 Å². The highest BCUT2D eigenvalue weighted by atomic mass is 16.2. The molecule has 1 aromatic carbocycles. The molecule has 2 N–H and O–H groups in total. The first-order valence-corrected chi connectivity index (χ1v) is 10.7. The topological polar surface area (TPSA) is 84.0 Å². The molecule has 29 heavy (non-hydrogen) atoms. The Balaban J connectivity index is 1.24. The summed E-state index contributed by atoms with van der Waals surface area (Å²) in [6.45, 7) is 0.0617. The fraction of sp³-hybridized carbons (Fsp3) is 0.522. The molecule has 0 unspecified atom stereocenters. The van der Waals surface area contributed by atoms with Crippen molar-refractivity contribution in [3.05, 3.63) is 62.9 Å². The van der Waals surface area contributed by atoms with Crippen LogP contribution in [0.2, 0.25) is 0 Å². The Morgan fingerprint density at radius 3 is 2.21 bits per heavy atom. The number of anilines is 1. The highest BCUT2D eigenvalue weighted by molar-refractivity contribution is 5.90. The van der Waals surface area contributed by atoms with Crippen molar-refractivity contribution in [1.29, 1.82) is 0 Å². The number of aromatic amines is 1. The van der Waals surface area contributed by atoms with Crippen molar-refractivity contribution in [2.75, 3.05) is 5.32 Å². The Labute approximate surface area is 169 Å². The van der Waals surface area contributed by atoms with Gasteiger partial charge in [-0.3, -0.25) is 14.2 Å². The van der Waals surface area contributed by atoms with Gasteiger partial charge in [0.05, 0.1) is 0 Å². The average molecular weight is 393 g/mol. The molecule has 0 radical (unpaired) electrons. The van der Waals surface area contributed by atoms with Gasteiger partial charge in [-0.15, -0.1) is 0 Å². The Morgan fingerprint density at radius 2 is 1.62 bits per heavy atom. The van der Waals surface area contributed by atoms with Crippen molar-refractivity contribution < 1.29 is 4.79 Å². The molecule has 4 aliphatic carbocycles. The molecule has 4 aliphatic rings. The van der Waals surface area contributed by atoms with E-state index in [0.717, 1.165) is 28.0 Å². The van der Waals surface area contributed by atoms with E-state index >= 15 is 0 Å². The quantitative estimate of drug-likeness (QED) is 0.819. The monoisotopic (exact) mass is 393 g/mol. The molecule has 1 heterocycles. The van der Waals surface area contributed by atoms with Gasteiger partial charge in [0, 0.05) is 30.9 Å². The summed E-state index contributed by atoms with van der Waals surface area (Å²) >= 11 is 0. The molecule has 6 rings (SSSR count). The lowest BCUT2D eigenvalue weighted by Gasteiger charge is -2.57. The zero-order valence-electron chi connectivity index (χ0n) is 16.5. The van der Waals surface area contributed by atoms with Gasteiger partial charge in [-0.2, -0.15) is 0 Å². The van der Waals surface area contributed by atoms with Crippen molar-refractivity contribution in [2.24, 2.45) is 17.8 Å². The Bertz CT molecular complexity index is 971. The molecule has 4 fully saturated rings. The number of aromatic nitrogens is 2. The number of carbonyl (C=O) groups excluding carboxylic acids is 1. The molecule has 1 aromatic heterocycles. The largest absolute Gasteiger partial charge is 0.328 e. The standard InChI is InChI=1S/C23H27N3O3/c27-20(6-8-26-21(28)5-7-24-22(26)29)25-19-3-1-18(2-4-19)23-12-15-9-16(13-23)11-17(10-15)14-23/h1-5,7,15-17H,6,8-14H2,(H,24,29)(H,25,27). The fourth-order valence-electron chi connectivity index (χ4n) is 6.47. The molecule has 1 amide bonds. The summed E-state index contributed by atoms with van der Waals surface area (Å²) in [7, 11) is 0. The van der Waals surface area contributed by atoms with E-state index in [1.807, 2.05) is 12.1 Å². The lowest BCUT2D eigenvalue weighted by Crippen LogP contribution is -2.48. The van der Waals surface area contributed by atoms with Gasteiger partial charge < -0.3 is 10.3 Å². The van der Waals surface area contributed by atoms with Gasteiger partial charge in [0.2, 0.25) is 5.91 Å². The summed E-state index contributed by atoms with van der Waals surface area (Å²) in [6, 6.07) is 9.65. The van der Waals surface area contributed by atoms with Crippen molar-refractivity contribution in [1.82, 2.24) is 9.55 Å². The van der Waals surface area contributed by atoms with Crippen LogP contribution in [-0.2, 0) is 16.8 Å². The summed E-state index contributed by atoms with van der Waals surface area (Å²) in [5.41, 5.74) is 1.65. The van der Waals surface area contributed by atoms with E-state index in [-0.39, 0.29) is 18.9 Å². The summed E-state index contributed by atoms with van der Waals surface area (Å²) in [5.74, 6) is 2.52. The molecule has 0 saturated heterocycles. The van der Waals surface area contributed by atoms with Crippen LogP contribution in [0.3, 0.4) is 0 Å². The summed E-state index contributed by atoms with van der Waals surface area (Å²) in [6.07, 6.45) is 9.65. The molecule has 0 atom stereocenters. The second kappa shape index (κ2) is 7.01. The zero-order chi connectivity index (χ0) is 20.0. The van der Waals surface area contributed by atoms with Gasteiger partial charge >= 0.3 is 5.69 Å². The molecule has 2 aromatic rings. The lowest BCUT2D eigenvalue weighted by atomic mass is 9.48. The number of benzene rings is 1. The third kappa shape index (κ3) is 3.45. The summed E-state index contributed by atoms with van der Waals surface area (Å²) in [5, 5.41) is 2.89. The maximum absolute atomic E-state index is 12.3. The molecule has 4 bridgehead atoms. The minimum atomic E-state index is -0.495. The van der Waals surface area contributed by atoms with Gasteiger partial charge in [-0.05, 0) is 79.4 Å². The van der Waals surface area contributed by atoms with E-state index in [4.69, 9.17) is 0 Å². The molecular weight excluding hydrogens is 366 g/mol. The Hall–Kier alpha value is -2.63. The number of amides is 1. The molecule has 0 spiro atoms. The molecule has 0 aliphatic heterocycles. The molecule has 152 valence electrons. The average Bonchev–Trinajstić information content (AvgIpc) is 2.67. The third-order valence-electron chi connectivity index (χ3n) is 7.33. The smallest absolute Gasteiger partial charge is 0.326 e. The maximum Gasteiger partial charge on any atom is 0.328 e. The van der Waals surface area contributed by atoms with Gasteiger partial charge in [0.25, 0.3) is 5.56 Å². The normalized spacial score (nSPS) is 29.7. The van der Waals surface area contributed by atoms with Crippen LogP contribution in [0.1, 0.15) is 50.5 Å². The molecule has 6 nitrogen and oxygen atoms in total. The highest BCUT2D eigenvalue weighted by Crippen LogP contribution is 2.60. The second-order valence-electron chi connectivity index (χ2n) is 9.35. The zero-order valence-corrected chi connectivity index (χ0v) is 16.5. The number of rotatable bonds is 5. The van der Waals surface area contributed by atoms with Crippen LogP contribution in [0.15, 0.2) is 46.1 Å². The molecule has 4 saturated carbocycles. The van der Waals surface area contributed by atoms with E-state index in [1.165, 1.54) is 56.4 Å². The van der Waals surface area contributed by atoms with Crippen molar-refractivity contribution in [3.8, 4) is 0 Å². The molecular formula is C23H27N3O3. The van der Waals surface area contributed by atoms with Crippen LogP contribution in [0.4, 0.5) is 5.69 Å². The Kier molecular flexibility index (Phi) is 4.45. The minimum Gasteiger partial charge on any atom is -0.326 e. The third-order valence-corrected chi connectivity index (χ3v) is 7.33. The summed E-state index contributed by atoms with van der Waals surface area (Å²) < 4.78 is 1.04. The summed E-state index contributed by atoms with van der Waals surface area (Å²) in [4.78, 5) is 38.1. The van der Waals surface area contributed by atoms with E-state index in [2.05, 4.69) is 22.4 Å². The first-order valence-electron chi connectivity index (χ1n) is 10.7. The lowest BCUT2D eigenvalue weighted by molar-refractivity contribution is -0.116. The van der Waals surface area contributed by atoms with Crippen molar-refractivity contribution in [2.45, 2.75) is 56.9 Å². The predicted octanol–water partition coefficient (Wildman–Crippen LogP) is 3.03. The van der Waals surface area contributed by atoms with Crippen LogP contribution in [0, 0.1) is 17.8 Å². The van der Waals surface area contributed by atoms with Crippen molar-refractivity contribution in [3.63, 3.8) is 0 Å². The van der Waals surface area contributed by atoms with Crippen molar-refractivity contribution >= 4 is 11.6 Å². The number of nitrogens with one attached hydrogen (secondary N) is 2. The van der Waals surface area contributed by atoms with Crippen LogP contribution >= 0.6 is 0 Å². The number of carbonyl (C=O) groups is 1. The maximum atomic E-state index is 12.3. The highest BCUT2D eigenvalue weighted by Gasteiger charge is 2.51. The van der Waals surface area contributed by atoms with Gasteiger partial charge in [0.1, 0.15) is 0 Å². The predicted molar refractivity (Wildman–Crippen MR) is 111 cm³/mol. The number of nitrogens with zero attached hydrogens (tertiary/aromatic N) is 1. The minimum absolute atomic E-state index is 0.0617. The first-order chi connectivity index (χ1) is 14.0.